The highest BCUT2D eigenvalue weighted by atomic mass is 79.9. The molecule has 21 heavy (non-hydrogen) atoms. The second kappa shape index (κ2) is 6.73. The van der Waals surface area contributed by atoms with Crippen LogP contribution in [0.25, 0.3) is 0 Å². The molecular formula is C16H14Br2N2O. The molecule has 1 aliphatic rings. The van der Waals surface area contributed by atoms with Crippen LogP contribution in [0.15, 0.2) is 62.5 Å². The van der Waals surface area contributed by atoms with Crippen molar-refractivity contribution in [2.45, 2.75) is 6.04 Å². The summed E-state index contributed by atoms with van der Waals surface area (Å²) in [5.41, 5.74) is 2.15. The zero-order valence-corrected chi connectivity index (χ0v) is 14.4. The highest BCUT2D eigenvalue weighted by Crippen LogP contribution is 2.27. The summed E-state index contributed by atoms with van der Waals surface area (Å²) in [6, 6.07) is 16.3. The second-order valence-electron chi connectivity index (χ2n) is 4.77. The van der Waals surface area contributed by atoms with Crippen LogP contribution in [0.1, 0.15) is 11.6 Å². The number of amidine groups is 1. The smallest absolute Gasteiger partial charge is 0.128 e. The Balaban J connectivity index is 1.80. The van der Waals surface area contributed by atoms with E-state index in [1.165, 1.54) is 5.56 Å². The maximum atomic E-state index is 5.67. The van der Waals surface area contributed by atoms with Crippen LogP contribution in [0.3, 0.4) is 0 Å². The summed E-state index contributed by atoms with van der Waals surface area (Å²) in [5, 5.41) is 3.33. The normalized spacial score (nSPS) is 18.2. The van der Waals surface area contributed by atoms with E-state index in [-0.39, 0.29) is 6.04 Å². The number of hydrogen-bond donors (Lipinski definition) is 1. The number of halogens is 2. The van der Waals surface area contributed by atoms with Crippen molar-refractivity contribution in [1.82, 2.24) is 0 Å². The molecule has 2 aromatic carbocycles. The molecule has 108 valence electrons. The molecule has 3 rings (SSSR count). The topological polar surface area (TPSA) is 33.6 Å². The minimum Gasteiger partial charge on any atom is -0.371 e. The van der Waals surface area contributed by atoms with Gasteiger partial charge in [0.15, 0.2) is 0 Å². The number of rotatable bonds is 2. The average Bonchev–Trinajstić information content (AvgIpc) is 2.51. The van der Waals surface area contributed by atoms with Crippen LogP contribution in [0.4, 0.5) is 5.69 Å². The molecule has 1 N–H and O–H groups in total. The van der Waals surface area contributed by atoms with Gasteiger partial charge in [-0.2, -0.15) is 0 Å². The third kappa shape index (κ3) is 3.73. The molecule has 0 aliphatic carbocycles. The van der Waals surface area contributed by atoms with E-state index in [2.05, 4.69) is 49.3 Å². The molecule has 0 spiro atoms. The summed E-state index contributed by atoms with van der Waals surface area (Å²) in [6.45, 7) is 1.13. The van der Waals surface area contributed by atoms with Gasteiger partial charge in [-0.3, -0.25) is 4.99 Å². The lowest BCUT2D eigenvalue weighted by atomic mass is 10.1. The van der Waals surface area contributed by atoms with Gasteiger partial charge in [0.05, 0.1) is 12.3 Å². The number of ether oxygens (including phenoxy) is 1. The first-order valence-electron chi connectivity index (χ1n) is 6.64. The molecule has 1 aliphatic heterocycles. The molecular weight excluding hydrogens is 396 g/mol. The SMILES string of the molecule is Brc1ccc(NC2=NC(c3ccccc3)COC2)c(Br)c1. The summed E-state index contributed by atoms with van der Waals surface area (Å²) in [6.07, 6.45) is 0. The van der Waals surface area contributed by atoms with Gasteiger partial charge in [0, 0.05) is 8.95 Å². The summed E-state index contributed by atoms with van der Waals surface area (Å²) in [5.74, 6) is 0.845. The van der Waals surface area contributed by atoms with Gasteiger partial charge >= 0.3 is 0 Å². The van der Waals surface area contributed by atoms with Crippen LogP contribution in [-0.4, -0.2) is 19.0 Å². The Morgan fingerprint density at radius 2 is 1.90 bits per heavy atom. The zero-order chi connectivity index (χ0) is 14.7. The lowest BCUT2D eigenvalue weighted by molar-refractivity contribution is 0.144. The van der Waals surface area contributed by atoms with Crippen LogP contribution in [-0.2, 0) is 4.74 Å². The third-order valence-corrected chi connectivity index (χ3v) is 4.37. The van der Waals surface area contributed by atoms with E-state index in [1.54, 1.807) is 0 Å². The number of aliphatic imine (C=N–C) groups is 1. The van der Waals surface area contributed by atoms with Gasteiger partial charge in [0.2, 0.25) is 0 Å². The van der Waals surface area contributed by atoms with Gasteiger partial charge in [-0.15, -0.1) is 0 Å². The molecule has 1 unspecified atom stereocenters. The van der Waals surface area contributed by atoms with Crippen molar-refractivity contribution in [3.05, 3.63) is 63.0 Å². The third-order valence-electron chi connectivity index (χ3n) is 3.22. The Hall–Kier alpha value is -1.17. The minimum atomic E-state index is 0.0525. The summed E-state index contributed by atoms with van der Waals surface area (Å²) >= 11 is 6.99. The molecule has 0 bridgehead atoms. The van der Waals surface area contributed by atoms with Gasteiger partial charge < -0.3 is 10.1 Å². The van der Waals surface area contributed by atoms with Crippen molar-refractivity contribution in [1.29, 1.82) is 0 Å². The molecule has 0 radical (unpaired) electrons. The fourth-order valence-electron chi connectivity index (χ4n) is 2.19. The van der Waals surface area contributed by atoms with Gasteiger partial charge in [-0.1, -0.05) is 46.3 Å². The molecule has 3 nitrogen and oxygen atoms in total. The van der Waals surface area contributed by atoms with Crippen LogP contribution in [0.2, 0.25) is 0 Å². The summed E-state index contributed by atoms with van der Waals surface area (Å²) in [4.78, 5) is 4.76. The van der Waals surface area contributed by atoms with Crippen LogP contribution in [0.5, 0.6) is 0 Å². The maximum absolute atomic E-state index is 5.67. The molecule has 1 heterocycles. The minimum absolute atomic E-state index is 0.0525. The first kappa shape index (κ1) is 14.8. The first-order valence-corrected chi connectivity index (χ1v) is 8.22. The molecule has 1 atom stereocenters. The summed E-state index contributed by atoms with van der Waals surface area (Å²) < 4.78 is 7.69. The molecule has 0 amide bonds. The van der Waals surface area contributed by atoms with E-state index in [9.17, 15) is 0 Å². The predicted molar refractivity (Wildman–Crippen MR) is 92.9 cm³/mol. The number of nitrogens with one attached hydrogen (secondary N) is 1. The largest absolute Gasteiger partial charge is 0.371 e. The van der Waals surface area contributed by atoms with E-state index in [0.717, 1.165) is 20.5 Å². The number of hydrogen-bond acceptors (Lipinski definition) is 3. The van der Waals surface area contributed by atoms with E-state index < -0.39 is 0 Å². The molecule has 0 aromatic heterocycles. The number of anilines is 1. The average molecular weight is 410 g/mol. The van der Waals surface area contributed by atoms with Crippen molar-refractivity contribution < 1.29 is 4.74 Å². The van der Waals surface area contributed by atoms with E-state index in [4.69, 9.17) is 9.73 Å². The monoisotopic (exact) mass is 408 g/mol. The van der Waals surface area contributed by atoms with Gasteiger partial charge in [0.25, 0.3) is 0 Å². The van der Waals surface area contributed by atoms with E-state index in [1.807, 2.05) is 36.4 Å². The number of nitrogens with zero attached hydrogens (tertiary/aromatic N) is 1. The highest BCUT2D eigenvalue weighted by Gasteiger charge is 2.17. The molecule has 0 fully saturated rings. The van der Waals surface area contributed by atoms with Gasteiger partial charge in [-0.25, -0.2) is 0 Å². The van der Waals surface area contributed by atoms with Crippen molar-refractivity contribution in [3.8, 4) is 0 Å². The lowest BCUT2D eigenvalue weighted by Gasteiger charge is -2.22. The Kier molecular flexibility index (Phi) is 4.73. The molecule has 5 heteroatoms. The number of benzene rings is 2. The first-order chi connectivity index (χ1) is 10.2. The van der Waals surface area contributed by atoms with Crippen molar-refractivity contribution in [2.75, 3.05) is 18.5 Å². The Bertz CT molecular complexity index is 659. The zero-order valence-electron chi connectivity index (χ0n) is 11.2. The fraction of sp³-hybridized carbons (Fsp3) is 0.188. The Labute approximate surface area is 140 Å². The second-order valence-corrected chi connectivity index (χ2v) is 6.54. The predicted octanol–water partition coefficient (Wildman–Crippen LogP) is 4.79. The van der Waals surface area contributed by atoms with Crippen molar-refractivity contribution in [2.24, 2.45) is 4.99 Å². The molecule has 0 saturated carbocycles. The van der Waals surface area contributed by atoms with Crippen molar-refractivity contribution >= 4 is 43.4 Å². The Morgan fingerprint density at radius 1 is 1.10 bits per heavy atom. The van der Waals surface area contributed by atoms with Crippen molar-refractivity contribution in [3.63, 3.8) is 0 Å². The van der Waals surface area contributed by atoms with Gasteiger partial charge in [-0.05, 0) is 39.7 Å². The molecule has 0 saturated heterocycles. The standard InChI is InChI=1S/C16H14Br2N2O/c17-12-6-7-14(13(18)8-12)19-16-10-21-9-15(20-16)11-4-2-1-3-5-11/h1-8,15H,9-10H2,(H,19,20). The van der Waals surface area contributed by atoms with Crippen LogP contribution < -0.4 is 5.32 Å². The van der Waals surface area contributed by atoms with E-state index >= 15 is 0 Å². The summed E-state index contributed by atoms with van der Waals surface area (Å²) in [7, 11) is 0. The molecule has 2 aromatic rings. The van der Waals surface area contributed by atoms with E-state index in [0.29, 0.717) is 13.2 Å². The lowest BCUT2D eigenvalue weighted by Crippen LogP contribution is -2.27. The van der Waals surface area contributed by atoms with Crippen LogP contribution in [0, 0.1) is 0 Å². The maximum Gasteiger partial charge on any atom is 0.128 e. The highest BCUT2D eigenvalue weighted by molar-refractivity contribution is 9.11. The Morgan fingerprint density at radius 3 is 2.67 bits per heavy atom. The fourth-order valence-corrected chi connectivity index (χ4v) is 3.34. The quantitative estimate of drug-likeness (QED) is 0.773. The van der Waals surface area contributed by atoms with Gasteiger partial charge in [0.1, 0.15) is 18.5 Å². The van der Waals surface area contributed by atoms with Crippen LogP contribution >= 0.6 is 31.9 Å².